The van der Waals surface area contributed by atoms with E-state index < -0.39 is 11.6 Å². The highest BCUT2D eigenvalue weighted by Crippen LogP contribution is 2.46. The highest BCUT2D eigenvalue weighted by Gasteiger charge is 2.41. The van der Waals surface area contributed by atoms with Gasteiger partial charge in [0, 0.05) is 40.9 Å². The minimum Gasteiger partial charge on any atom is -0.496 e. The number of anilines is 1. The zero-order chi connectivity index (χ0) is 24.1. The molecule has 2 atom stereocenters. The van der Waals surface area contributed by atoms with Crippen molar-refractivity contribution in [2.45, 2.75) is 38.6 Å². The maximum atomic E-state index is 14.4. The maximum absolute atomic E-state index is 14.4. The number of fused-ring (bicyclic) bond motifs is 4. The Kier molecular flexibility index (Phi) is 5.43. The lowest BCUT2D eigenvalue weighted by Crippen LogP contribution is -2.47. The minimum atomic E-state index is -0.641. The average Bonchev–Trinajstić information content (AvgIpc) is 3.30. The molecule has 35 heavy (non-hydrogen) atoms. The van der Waals surface area contributed by atoms with Crippen molar-refractivity contribution in [2.75, 3.05) is 12.4 Å². The Bertz CT molecular complexity index is 1390. The molecule has 2 aromatic carbocycles. The largest absolute Gasteiger partial charge is 0.496 e. The molecule has 2 N–H and O–H groups in total. The van der Waals surface area contributed by atoms with E-state index in [1.165, 1.54) is 31.7 Å². The lowest BCUT2D eigenvalue weighted by molar-refractivity contribution is 0.0928. The number of aromatic amines is 1. The Labute approximate surface area is 203 Å². The van der Waals surface area contributed by atoms with Gasteiger partial charge < -0.3 is 15.0 Å². The van der Waals surface area contributed by atoms with E-state index in [4.69, 9.17) is 14.7 Å². The second-order valence-electron chi connectivity index (χ2n) is 9.88. The van der Waals surface area contributed by atoms with Crippen molar-refractivity contribution in [3.8, 4) is 28.4 Å². The van der Waals surface area contributed by atoms with Crippen molar-refractivity contribution in [3.63, 3.8) is 0 Å². The predicted octanol–water partition coefficient (Wildman–Crippen LogP) is 6.82. The molecule has 3 saturated carbocycles. The lowest BCUT2D eigenvalue weighted by atomic mass is 9.62. The van der Waals surface area contributed by atoms with Gasteiger partial charge in [-0.05, 0) is 61.6 Å². The highest BCUT2D eigenvalue weighted by atomic mass is 19.1. The molecule has 0 radical (unpaired) electrons. The molecule has 0 amide bonds. The predicted molar refractivity (Wildman–Crippen MR) is 133 cm³/mol. The van der Waals surface area contributed by atoms with Gasteiger partial charge >= 0.3 is 0 Å². The molecule has 4 aromatic rings. The van der Waals surface area contributed by atoms with Crippen LogP contribution >= 0.6 is 0 Å². The fraction of sp³-hybridized carbons (Fsp3) is 0.357. The highest BCUT2D eigenvalue weighted by molar-refractivity contribution is 5.94. The van der Waals surface area contributed by atoms with E-state index in [1.54, 1.807) is 13.3 Å². The fourth-order valence-electron chi connectivity index (χ4n) is 6.15. The van der Waals surface area contributed by atoms with Crippen LogP contribution in [0.1, 0.15) is 32.6 Å². The molecule has 5 nitrogen and oxygen atoms in total. The lowest BCUT2D eigenvalue weighted by Gasteiger charge is -2.47. The molecular formula is C28H28F2N4O. The molecule has 2 aromatic heterocycles. The molecule has 180 valence electrons. The van der Waals surface area contributed by atoms with Gasteiger partial charge in [-0.25, -0.2) is 18.7 Å². The van der Waals surface area contributed by atoms with Crippen LogP contribution in [0.3, 0.4) is 0 Å². The van der Waals surface area contributed by atoms with Crippen molar-refractivity contribution >= 4 is 16.7 Å². The summed E-state index contributed by atoms with van der Waals surface area (Å²) in [6.45, 7) is 2.34. The van der Waals surface area contributed by atoms with Gasteiger partial charge in [0.25, 0.3) is 0 Å². The van der Waals surface area contributed by atoms with Gasteiger partial charge in [0.1, 0.15) is 23.2 Å². The molecule has 3 aliphatic carbocycles. The average molecular weight is 475 g/mol. The molecule has 2 unspecified atom stereocenters. The van der Waals surface area contributed by atoms with Gasteiger partial charge in [-0.1, -0.05) is 19.1 Å². The van der Waals surface area contributed by atoms with Crippen LogP contribution in [-0.2, 0) is 0 Å². The smallest absolute Gasteiger partial charge is 0.164 e. The molecule has 7 rings (SSSR count). The van der Waals surface area contributed by atoms with Crippen LogP contribution in [0.2, 0.25) is 0 Å². The van der Waals surface area contributed by atoms with Crippen molar-refractivity contribution in [1.29, 1.82) is 0 Å². The summed E-state index contributed by atoms with van der Waals surface area (Å²) < 4.78 is 34.1. The molecule has 0 saturated heterocycles. The standard InChI is InChI=1S/C28H28F2N4O/c1-15-16-7-9-17(10-8-16)26(15)33-25-13-23(19-5-3-4-6-24(19)35-2)32-28(34-25)21-14-31-27-20(21)11-18(29)12-22(27)30/h3-6,11-17,26,31H,7-10H2,1-2H3,(H,32,33,34). The zero-order valence-corrected chi connectivity index (χ0v) is 19.8. The van der Waals surface area contributed by atoms with Crippen molar-refractivity contribution in [1.82, 2.24) is 15.0 Å². The van der Waals surface area contributed by atoms with Crippen LogP contribution in [0.5, 0.6) is 5.75 Å². The van der Waals surface area contributed by atoms with Gasteiger partial charge in [-0.3, -0.25) is 0 Å². The summed E-state index contributed by atoms with van der Waals surface area (Å²) in [4.78, 5) is 12.6. The maximum Gasteiger partial charge on any atom is 0.164 e. The summed E-state index contributed by atoms with van der Waals surface area (Å²) in [5.74, 6) is 2.47. The number of nitrogens with zero attached hydrogens (tertiary/aromatic N) is 2. The number of nitrogens with one attached hydrogen (secondary N) is 2. The van der Waals surface area contributed by atoms with E-state index >= 15 is 0 Å². The van der Waals surface area contributed by atoms with Gasteiger partial charge in [-0.15, -0.1) is 0 Å². The summed E-state index contributed by atoms with van der Waals surface area (Å²) in [6, 6.07) is 12.2. The molecule has 2 bridgehead atoms. The SMILES string of the molecule is COc1ccccc1-c1cc(NC2C3CCC(CC3)C2C)nc(-c2c[nH]c3c(F)cc(F)cc23)n1. The Morgan fingerprint density at radius 2 is 1.74 bits per heavy atom. The number of hydrogen-bond acceptors (Lipinski definition) is 4. The normalized spacial score (nSPS) is 23.5. The molecule has 3 fully saturated rings. The van der Waals surface area contributed by atoms with E-state index in [1.807, 2.05) is 30.3 Å². The van der Waals surface area contributed by atoms with E-state index in [9.17, 15) is 8.78 Å². The molecule has 2 heterocycles. The minimum absolute atomic E-state index is 0.236. The van der Waals surface area contributed by atoms with Crippen LogP contribution in [0.4, 0.5) is 14.6 Å². The third kappa shape index (κ3) is 3.83. The van der Waals surface area contributed by atoms with Crippen LogP contribution < -0.4 is 10.1 Å². The van der Waals surface area contributed by atoms with Crippen LogP contribution in [0.15, 0.2) is 48.7 Å². The Morgan fingerprint density at radius 3 is 2.51 bits per heavy atom. The number of hydrogen-bond donors (Lipinski definition) is 2. The Morgan fingerprint density at radius 1 is 0.971 bits per heavy atom. The van der Waals surface area contributed by atoms with E-state index in [-0.39, 0.29) is 5.52 Å². The van der Waals surface area contributed by atoms with Gasteiger partial charge in [-0.2, -0.15) is 0 Å². The number of benzene rings is 2. The van der Waals surface area contributed by atoms with Crippen molar-refractivity contribution in [2.24, 2.45) is 17.8 Å². The first kappa shape index (κ1) is 22.0. The molecule has 0 spiro atoms. The van der Waals surface area contributed by atoms with Crippen molar-refractivity contribution in [3.05, 3.63) is 60.3 Å². The first-order chi connectivity index (χ1) is 17.0. The second-order valence-corrected chi connectivity index (χ2v) is 9.88. The van der Waals surface area contributed by atoms with Crippen LogP contribution in [0.25, 0.3) is 33.5 Å². The number of methoxy groups -OCH3 is 1. The summed E-state index contributed by atoms with van der Waals surface area (Å²) >= 11 is 0. The molecule has 3 aliphatic rings. The van der Waals surface area contributed by atoms with Crippen LogP contribution in [-0.4, -0.2) is 28.1 Å². The van der Waals surface area contributed by atoms with Gasteiger partial charge in [0.05, 0.1) is 18.3 Å². The van der Waals surface area contributed by atoms with Crippen LogP contribution in [0, 0.1) is 29.4 Å². The Balaban J connectivity index is 1.49. The quantitative estimate of drug-likeness (QED) is 0.333. The number of rotatable bonds is 5. The number of halogens is 2. The van der Waals surface area contributed by atoms with E-state index in [2.05, 4.69) is 17.2 Å². The first-order valence-corrected chi connectivity index (χ1v) is 12.3. The van der Waals surface area contributed by atoms with Gasteiger partial charge in [0.15, 0.2) is 5.82 Å². The van der Waals surface area contributed by atoms with Crippen molar-refractivity contribution < 1.29 is 13.5 Å². The number of H-pyrrole nitrogens is 1. The second kappa shape index (κ2) is 8.63. The monoisotopic (exact) mass is 474 g/mol. The summed E-state index contributed by atoms with van der Waals surface area (Å²) in [6.07, 6.45) is 6.73. The van der Waals surface area contributed by atoms with E-state index in [0.717, 1.165) is 17.5 Å². The number of para-hydroxylation sites is 1. The summed E-state index contributed by atoms with van der Waals surface area (Å²) in [5.41, 5.74) is 2.31. The first-order valence-electron chi connectivity index (χ1n) is 12.3. The molecule has 0 aliphatic heterocycles. The third-order valence-corrected chi connectivity index (χ3v) is 8.00. The van der Waals surface area contributed by atoms with E-state index in [0.29, 0.717) is 51.9 Å². The number of aromatic nitrogens is 3. The zero-order valence-electron chi connectivity index (χ0n) is 19.8. The topological polar surface area (TPSA) is 62.8 Å². The Hall–Kier alpha value is -3.48. The number of ether oxygens (including phenoxy) is 1. The molecular weight excluding hydrogens is 446 g/mol. The summed E-state index contributed by atoms with van der Waals surface area (Å²) in [5, 5.41) is 4.15. The summed E-state index contributed by atoms with van der Waals surface area (Å²) in [7, 11) is 1.63. The molecule has 7 heteroatoms. The third-order valence-electron chi connectivity index (χ3n) is 8.00. The van der Waals surface area contributed by atoms with Gasteiger partial charge in [0.2, 0.25) is 0 Å². The fourth-order valence-corrected chi connectivity index (χ4v) is 6.15.